The Kier molecular flexibility index (Phi) is 5.58. The molecule has 10 atom stereocenters. The van der Waals surface area contributed by atoms with Gasteiger partial charge < -0.3 is 30.6 Å². The lowest BCUT2D eigenvalue weighted by Gasteiger charge is -2.46. The van der Waals surface area contributed by atoms with E-state index in [9.17, 15) is 30.0 Å². The summed E-state index contributed by atoms with van der Waals surface area (Å²) in [6.45, 7) is 0. The fourth-order valence-electron chi connectivity index (χ4n) is 5.52. The molecule has 6 saturated carbocycles. The van der Waals surface area contributed by atoms with Crippen molar-refractivity contribution in [1.29, 1.82) is 0 Å². The van der Waals surface area contributed by atoms with Gasteiger partial charge in [-0.15, -0.1) is 0 Å². The number of hydrogen-bond donors (Lipinski definition) is 6. The molecular formula is C18H28O8. The van der Waals surface area contributed by atoms with Gasteiger partial charge in [-0.1, -0.05) is 0 Å². The maximum Gasteiger partial charge on any atom is 0.306 e. The van der Waals surface area contributed by atoms with E-state index in [-0.39, 0.29) is 23.7 Å². The zero-order valence-corrected chi connectivity index (χ0v) is 14.5. The molecule has 6 rings (SSSR count). The van der Waals surface area contributed by atoms with Crippen molar-refractivity contribution in [3.8, 4) is 0 Å². The lowest BCUT2D eigenvalue weighted by molar-refractivity contribution is -0.168. The molecule has 0 aliphatic heterocycles. The highest BCUT2D eigenvalue weighted by molar-refractivity contribution is 5.71. The number of aliphatic hydroxyl groups is 4. The van der Waals surface area contributed by atoms with Crippen LogP contribution in [0, 0.1) is 35.5 Å². The van der Waals surface area contributed by atoms with Gasteiger partial charge in [0.15, 0.2) is 0 Å². The molecule has 4 bridgehead atoms. The van der Waals surface area contributed by atoms with Gasteiger partial charge in [-0.2, -0.15) is 0 Å². The van der Waals surface area contributed by atoms with Gasteiger partial charge in [-0.3, -0.25) is 9.59 Å². The van der Waals surface area contributed by atoms with Crippen molar-refractivity contribution in [2.24, 2.45) is 35.5 Å². The Labute approximate surface area is 151 Å². The van der Waals surface area contributed by atoms with Crippen molar-refractivity contribution in [3.05, 3.63) is 0 Å². The molecular weight excluding hydrogens is 344 g/mol. The third kappa shape index (κ3) is 3.35. The third-order valence-corrected chi connectivity index (χ3v) is 7.07. The number of aliphatic hydroxyl groups excluding tert-OH is 4. The molecule has 0 spiro atoms. The van der Waals surface area contributed by atoms with Crippen LogP contribution in [-0.2, 0) is 9.59 Å². The van der Waals surface area contributed by atoms with E-state index in [0.29, 0.717) is 12.8 Å². The van der Waals surface area contributed by atoms with Gasteiger partial charge in [0.1, 0.15) is 0 Å². The van der Waals surface area contributed by atoms with E-state index in [1.54, 1.807) is 0 Å². The zero-order chi connectivity index (χ0) is 19.2. The highest BCUT2D eigenvalue weighted by atomic mass is 16.4. The van der Waals surface area contributed by atoms with E-state index >= 15 is 0 Å². The summed E-state index contributed by atoms with van der Waals surface area (Å²) in [7, 11) is 0. The zero-order valence-electron chi connectivity index (χ0n) is 14.5. The minimum absolute atomic E-state index is 0.0129. The van der Waals surface area contributed by atoms with Crippen molar-refractivity contribution < 1.29 is 40.2 Å². The lowest BCUT2D eigenvalue weighted by atomic mass is 9.62. The van der Waals surface area contributed by atoms with Gasteiger partial charge in [0.2, 0.25) is 0 Å². The number of aliphatic carboxylic acids is 2. The average molecular weight is 372 g/mol. The first-order valence-electron chi connectivity index (χ1n) is 9.40. The monoisotopic (exact) mass is 372 g/mol. The van der Waals surface area contributed by atoms with E-state index < -0.39 is 48.2 Å². The van der Waals surface area contributed by atoms with Gasteiger partial charge in [0, 0.05) is 11.8 Å². The van der Waals surface area contributed by atoms with Gasteiger partial charge >= 0.3 is 11.9 Å². The predicted octanol–water partition coefficient (Wildman–Crippen LogP) is -0.322. The molecule has 0 aromatic rings. The fraction of sp³-hybridized carbons (Fsp3) is 0.889. The average Bonchev–Trinajstić information content (AvgIpc) is 2.63. The summed E-state index contributed by atoms with van der Waals surface area (Å²) in [5.74, 6) is -3.06. The van der Waals surface area contributed by atoms with Crippen LogP contribution >= 0.6 is 0 Å². The predicted molar refractivity (Wildman–Crippen MR) is 87.9 cm³/mol. The molecule has 26 heavy (non-hydrogen) atoms. The molecule has 148 valence electrons. The van der Waals surface area contributed by atoms with Crippen LogP contribution in [0.2, 0.25) is 0 Å². The number of fused-ring (bicyclic) bond motifs is 6. The maximum atomic E-state index is 10.8. The minimum Gasteiger partial charge on any atom is -0.481 e. The summed E-state index contributed by atoms with van der Waals surface area (Å²) in [6, 6.07) is 0. The van der Waals surface area contributed by atoms with Crippen LogP contribution in [0.3, 0.4) is 0 Å². The van der Waals surface area contributed by atoms with Crippen LogP contribution in [0.15, 0.2) is 0 Å². The first-order valence-corrected chi connectivity index (χ1v) is 9.40. The maximum absolute atomic E-state index is 10.8. The molecule has 0 heterocycles. The number of carbonyl (C=O) groups is 2. The van der Waals surface area contributed by atoms with Gasteiger partial charge in [-0.25, -0.2) is 0 Å². The van der Waals surface area contributed by atoms with Gasteiger partial charge in [0.25, 0.3) is 0 Å². The molecule has 0 unspecified atom stereocenters. The van der Waals surface area contributed by atoms with Gasteiger partial charge in [-0.05, 0) is 50.4 Å². The Morgan fingerprint density at radius 2 is 0.923 bits per heavy atom. The highest BCUT2D eigenvalue weighted by Gasteiger charge is 2.50. The van der Waals surface area contributed by atoms with Crippen molar-refractivity contribution in [1.82, 2.24) is 0 Å². The van der Waals surface area contributed by atoms with Crippen molar-refractivity contribution in [2.75, 3.05) is 0 Å². The number of rotatable bonds is 2. The first kappa shape index (κ1) is 19.5. The summed E-state index contributed by atoms with van der Waals surface area (Å²) in [6.07, 6.45) is 1.18. The molecule has 0 aromatic heterocycles. The van der Waals surface area contributed by atoms with Crippen LogP contribution in [-0.4, -0.2) is 67.0 Å². The summed E-state index contributed by atoms with van der Waals surface area (Å²) < 4.78 is 0. The second-order valence-electron chi connectivity index (χ2n) is 8.33. The second-order valence-corrected chi connectivity index (χ2v) is 8.33. The Balaban J connectivity index is 0.000000151. The standard InChI is InChI=1S/2C9H14O4/c2*10-7-4-1-2-5(8(7)11)6(3-4)9(12)13/h2*4-8,10-11H,1-3H2,(H,12,13)/t2*4-,5+,6-,7-,8+/m10/s1. The summed E-state index contributed by atoms with van der Waals surface area (Å²) in [5.41, 5.74) is 0. The van der Waals surface area contributed by atoms with E-state index in [1.807, 2.05) is 0 Å². The lowest BCUT2D eigenvalue weighted by Crippen LogP contribution is -2.53. The second kappa shape index (κ2) is 7.42. The molecule has 0 saturated heterocycles. The van der Waals surface area contributed by atoms with Crippen LogP contribution in [0.5, 0.6) is 0 Å². The Morgan fingerprint density at radius 1 is 0.577 bits per heavy atom. The quantitative estimate of drug-likeness (QED) is 0.385. The Hall–Kier alpha value is -1.22. The summed E-state index contributed by atoms with van der Waals surface area (Å²) >= 11 is 0. The Morgan fingerprint density at radius 3 is 1.19 bits per heavy atom. The van der Waals surface area contributed by atoms with E-state index in [4.69, 9.17) is 10.2 Å². The molecule has 6 N–H and O–H groups in total. The number of carboxylic acids is 2. The summed E-state index contributed by atoms with van der Waals surface area (Å²) in [5, 5.41) is 55.9. The SMILES string of the molecule is O=C(O)[C@@H]1C[C@H]2CC[C@@H]1[C@H](O)[C@@H]2O.O=C(O)[C@H]1C[C@@H]2CC[C@H]1[C@@H](O)[C@H]2O. The van der Waals surface area contributed by atoms with E-state index in [2.05, 4.69) is 0 Å². The van der Waals surface area contributed by atoms with E-state index in [0.717, 1.165) is 25.7 Å². The Bertz CT molecular complexity index is 499. The van der Waals surface area contributed by atoms with Gasteiger partial charge in [0.05, 0.1) is 36.3 Å². The number of carboxylic acid groups (broad SMARTS) is 2. The largest absolute Gasteiger partial charge is 0.481 e. The topological polar surface area (TPSA) is 156 Å². The molecule has 6 aliphatic carbocycles. The molecule has 0 radical (unpaired) electrons. The fourth-order valence-corrected chi connectivity index (χ4v) is 5.52. The van der Waals surface area contributed by atoms with Crippen molar-refractivity contribution in [3.63, 3.8) is 0 Å². The smallest absolute Gasteiger partial charge is 0.306 e. The van der Waals surface area contributed by atoms with Crippen LogP contribution in [0.25, 0.3) is 0 Å². The molecule has 8 nitrogen and oxygen atoms in total. The third-order valence-electron chi connectivity index (χ3n) is 7.07. The highest BCUT2D eigenvalue weighted by Crippen LogP contribution is 2.46. The molecule has 0 aromatic carbocycles. The van der Waals surface area contributed by atoms with Crippen LogP contribution < -0.4 is 0 Å². The molecule has 0 amide bonds. The molecule has 6 aliphatic rings. The first-order chi connectivity index (χ1) is 12.2. The van der Waals surface area contributed by atoms with Crippen molar-refractivity contribution in [2.45, 2.75) is 62.9 Å². The normalized spacial score (nSPS) is 49.2. The number of hydrogen-bond acceptors (Lipinski definition) is 6. The van der Waals surface area contributed by atoms with Crippen LogP contribution in [0.4, 0.5) is 0 Å². The minimum atomic E-state index is -0.833. The van der Waals surface area contributed by atoms with Crippen molar-refractivity contribution >= 4 is 11.9 Å². The van der Waals surface area contributed by atoms with Crippen LogP contribution in [0.1, 0.15) is 38.5 Å². The summed E-state index contributed by atoms with van der Waals surface area (Å²) in [4.78, 5) is 21.6. The molecule has 8 heteroatoms. The van der Waals surface area contributed by atoms with E-state index in [1.165, 1.54) is 0 Å². The molecule has 6 fully saturated rings.